The SMILES string of the molecule is CC1CCCCN1CC1CCCN(c2ncnc3nc(N)ccc23)C1. The number of rotatable bonds is 3. The zero-order chi connectivity index (χ0) is 17.2. The molecule has 0 aliphatic carbocycles. The second kappa shape index (κ2) is 7.12. The molecule has 6 heteroatoms. The van der Waals surface area contributed by atoms with Crippen molar-refractivity contribution in [3.63, 3.8) is 0 Å². The van der Waals surface area contributed by atoms with Gasteiger partial charge in [0.25, 0.3) is 0 Å². The lowest BCUT2D eigenvalue weighted by Gasteiger charge is -2.40. The highest BCUT2D eigenvalue weighted by Crippen LogP contribution is 2.28. The Bertz CT molecular complexity index is 733. The van der Waals surface area contributed by atoms with Crippen LogP contribution < -0.4 is 10.6 Å². The van der Waals surface area contributed by atoms with Crippen LogP contribution in [0.5, 0.6) is 0 Å². The number of anilines is 2. The highest BCUT2D eigenvalue weighted by atomic mass is 15.2. The summed E-state index contributed by atoms with van der Waals surface area (Å²) in [6.07, 6.45) is 8.23. The van der Waals surface area contributed by atoms with Gasteiger partial charge in [-0.1, -0.05) is 6.42 Å². The first-order valence-electron chi connectivity index (χ1n) is 9.57. The molecule has 0 spiro atoms. The lowest BCUT2D eigenvalue weighted by molar-refractivity contribution is 0.130. The molecular formula is C19H28N6. The molecule has 2 aliphatic heterocycles. The molecule has 134 valence electrons. The maximum absolute atomic E-state index is 5.80. The number of hydrogen-bond donors (Lipinski definition) is 1. The molecule has 0 saturated carbocycles. The van der Waals surface area contributed by atoms with Crippen molar-refractivity contribution in [1.29, 1.82) is 0 Å². The first kappa shape index (κ1) is 16.5. The fourth-order valence-corrected chi connectivity index (χ4v) is 4.36. The third kappa shape index (κ3) is 3.54. The number of likely N-dealkylation sites (tertiary alicyclic amines) is 1. The highest BCUT2D eigenvalue weighted by molar-refractivity contribution is 5.87. The van der Waals surface area contributed by atoms with Gasteiger partial charge in [0.1, 0.15) is 18.0 Å². The smallest absolute Gasteiger partial charge is 0.166 e. The van der Waals surface area contributed by atoms with Gasteiger partial charge in [-0.3, -0.25) is 0 Å². The van der Waals surface area contributed by atoms with Crippen LogP contribution >= 0.6 is 0 Å². The maximum atomic E-state index is 5.80. The fourth-order valence-electron chi connectivity index (χ4n) is 4.36. The van der Waals surface area contributed by atoms with Gasteiger partial charge in [-0.05, 0) is 57.2 Å². The molecule has 6 nitrogen and oxygen atoms in total. The Morgan fingerprint density at radius 2 is 2.04 bits per heavy atom. The molecule has 2 aromatic rings. The van der Waals surface area contributed by atoms with E-state index < -0.39 is 0 Å². The predicted molar refractivity (Wildman–Crippen MR) is 102 cm³/mol. The third-order valence-electron chi connectivity index (χ3n) is 5.75. The van der Waals surface area contributed by atoms with Crippen LogP contribution in [0, 0.1) is 5.92 Å². The molecule has 2 unspecified atom stereocenters. The van der Waals surface area contributed by atoms with E-state index in [-0.39, 0.29) is 0 Å². The molecule has 2 N–H and O–H groups in total. The highest BCUT2D eigenvalue weighted by Gasteiger charge is 2.27. The molecule has 2 aliphatic rings. The molecule has 4 rings (SSSR count). The first-order valence-corrected chi connectivity index (χ1v) is 9.57. The van der Waals surface area contributed by atoms with Gasteiger partial charge in [0.15, 0.2) is 5.65 Å². The number of aromatic nitrogens is 3. The monoisotopic (exact) mass is 340 g/mol. The lowest BCUT2D eigenvalue weighted by Crippen LogP contribution is -2.45. The van der Waals surface area contributed by atoms with Crippen LogP contribution in [0.2, 0.25) is 0 Å². The summed E-state index contributed by atoms with van der Waals surface area (Å²) in [5.41, 5.74) is 6.49. The number of pyridine rings is 1. The van der Waals surface area contributed by atoms with Gasteiger partial charge in [0, 0.05) is 25.7 Å². The van der Waals surface area contributed by atoms with E-state index in [4.69, 9.17) is 5.73 Å². The van der Waals surface area contributed by atoms with E-state index in [2.05, 4.69) is 31.7 Å². The largest absolute Gasteiger partial charge is 0.384 e. The Balaban J connectivity index is 1.51. The minimum absolute atomic E-state index is 0.507. The van der Waals surface area contributed by atoms with Crippen molar-refractivity contribution in [1.82, 2.24) is 19.9 Å². The van der Waals surface area contributed by atoms with E-state index in [0.29, 0.717) is 17.4 Å². The normalized spacial score (nSPS) is 25.4. The number of fused-ring (bicyclic) bond motifs is 1. The third-order valence-corrected chi connectivity index (χ3v) is 5.75. The van der Waals surface area contributed by atoms with Gasteiger partial charge in [0.2, 0.25) is 0 Å². The van der Waals surface area contributed by atoms with E-state index in [1.54, 1.807) is 6.33 Å². The molecule has 25 heavy (non-hydrogen) atoms. The lowest BCUT2D eigenvalue weighted by atomic mass is 9.94. The molecule has 4 heterocycles. The summed E-state index contributed by atoms with van der Waals surface area (Å²) in [6.45, 7) is 6.99. The molecule has 0 amide bonds. The van der Waals surface area contributed by atoms with Crippen molar-refractivity contribution < 1.29 is 0 Å². The molecular weight excluding hydrogens is 312 g/mol. The molecule has 0 radical (unpaired) electrons. The molecule has 2 aromatic heterocycles. The van der Waals surface area contributed by atoms with Crippen molar-refractivity contribution in [2.45, 2.75) is 45.1 Å². The number of nitrogens with two attached hydrogens (primary N) is 1. The van der Waals surface area contributed by atoms with Crippen molar-refractivity contribution >= 4 is 22.7 Å². The van der Waals surface area contributed by atoms with Gasteiger partial charge < -0.3 is 15.5 Å². The minimum atomic E-state index is 0.507. The number of hydrogen-bond acceptors (Lipinski definition) is 6. The average molecular weight is 340 g/mol. The van der Waals surface area contributed by atoms with Gasteiger partial charge in [-0.25, -0.2) is 15.0 Å². The van der Waals surface area contributed by atoms with Crippen LogP contribution in [0.3, 0.4) is 0 Å². The molecule has 0 aromatic carbocycles. The second-order valence-corrected chi connectivity index (χ2v) is 7.60. The Kier molecular flexibility index (Phi) is 4.70. The first-order chi connectivity index (χ1) is 12.2. The van der Waals surface area contributed by atoms with Crippen molar-refractivity contribution in [2.75, 3.05) is 36.8 Å². The van der Waals surface area contributed by atoms with Crippen molar-refractivity contribution in [3.05, 3.63) is 18.5 Å². The van der Waals surface area contributed by atoms with Crippen LogP contribution in [0.25, 0.3) is 11.0 Å². The van der Waals surface area contributed by atoms with E-state index in [9.17, 15) is 0 Å². The van der Waals surface area contributed by atoms with Gasteiger partial charge >= 0.3 is 0 Å². The van der Waals surface area contributed by atoms with Gasteiger partial charge in [-0.2, -0.15) is 0 Å². The fraction of sp³-hybridized carbons (Fsp3) is 0.632. The summed E-state index contributed by atoms with van der Waals surface area (Å²) in [5.74, 6) is 2.22. The van der Waals surface area contributed by atoms with Crippen LogP contribution in [0.4, 0.5) is 11.6 Å². The molecule has 0 bridgehead atoms. The second-order valence-electron chi connectivity index (χ2n) is 7.60. The van der Waals surface area contributed by atoms with Crippen LogP contribution in [0.1, 0.15) is 39.0 Å². The van der Waals surface area contributed by atoms with E-state index in [0.717, 1.165) is 30.3 Å². The number of nitrogen functional groups attached to an aromatic ring is 1. The summed E-state index contributed by atoms with van der Waals surface area (Å²) >= 11 is 0. The van der Waals surface area contributed by atoms with Crippen LogP contribution in [-0.4, -0.2) is 52.1 Å². The quantitative estimate of drug-likeness (QED) is 0.926. The summed E-state index contributed by atoms with van der Waals surface area (Å²) < 4.78 is 0. The molecule has 2 atom stereocenters. The zero-order valence-corrected chi connectivity index (χ0v) is 15.1. The maximum Gasteiger partial charge on any atom is 0.166 e. The number of nitrogens with zero attached hydrogens (tertiary/aromatic N) is 5. The summed E-state index contributed by atoms with van der Waals surface area (Å²) in [4.78, 5) is 18.3. The topological polar surface area (TPSA) is 71.2 Å². The average Bonchev–Trinajstić information content (AvgIpc) is 2.63. The summed E-state index contributed by atoms with van der Waals surface area (Å²) in [7, 11) is 0. The molecule has 2 fully saturated rings. The Morgan fingerprint density at radius 1 is 1.12 bits per heavy atom. The van der Waals surface area contributed by atoms with Gasteiger partial charge in [-0.15, -0.1) is 0 Å². The summed E-state index contributed by atoms with van der Waals surface area (Å²) in [6, 6.07) is 4.58. The predicted octanol–water partition coefficient (Wildman–Crippen LogP) is 2.70. The van der Waals surface area contributed by atoms with E-state index in [1.165, 1.54) is 45.2 Å². The standard InChI is InChI=1S/C19H28N6/c1-14-5-2-3-9-24(14)11-15-6-4-10-25(12-15)19-16-7-8-17(20)23-18(16)21-13-22-19/h7-8,13-15H,2-6,9-12H2,1H3,(H2,20,21,22,23). The Morgan fingerprint density at radius 3 is 2.92 bits per heavy atom. The molecule has 2 saturated heterocycles. The van der Waals surface area contributed by atoms with Crippen molar-refractivity contribution in [3.8, 4) is 0 Å². The number of piperidine rings is 2. The summed E-state index contributed by atoms with van der Waals surface area (Å²) in [5, 5.41) is 1.00. The van der Waals surface area contributed by atoms with E-state index in [1.807, 2.05) is 12.1 Å². The van der Waals surface area contributed by atoms with E-state index >= 15 is 0 Å². The van der Waals surface area contributed by atoms with Crippen LogP contribution in [0.15, 0.2) is 18.5 Å². The van der Waals surface area contributed by atoms with Crippen molar-refractivity contribution in [2.24, 2.45) is 5.92 Å². The van der Waals surface area contributed by atoms with Gasteiger partial charge in [0.05, 0.1) is 5.39 Å². The Hall–Kier alpha value is -1.95. The zero-order valence-electron chi connectivity index (χ0n) is 15.1. The minimum Gasteiger partial charge on any atom is -0.384 e. The Labute approximate surface area is 149 Å². The van der Waals surface area contributed by atoms with Crippen LogP contribution in [-0.2, 0) is 0 Å².